The van der Waals surface area contributed by atoms with Gasteiger partial charge in [0.2, 0.25) is 0 Å². The highest BCUT2D eigenvalue weighted by Gasteiger charge is 2.08. The van der Waals surface area contributed by atoms with E-state index >= 15 is 0 Å². The van der Waals surface area contributed by atoms with Crippen LogP contribution in [0.5, 0.6) is 0 Å². The lowest BCUT2D eigenvalue weighted by Gasteiger charge is -2.04. The van der Waals surface area contributed by atoms with Crippen LogP contribution >= 0.6 is 34.5 Å². The number of benzene rings is 1. The van der Waals surface area contributed by atoms with Gasteiger partial charge in [-0.25, -0.2) is 4.98 Å². The van der Waals surface area contributed by atoms with Crippen molar-refractivity contribution in [3.05, 3.63) is 38.6 Å². The third-order valence-electron chi connectivity index (χ3n) is 2.59. The van der Waals surface area contributed by atoms with Gasteiger partial charge < -0.3 is 5.32 Å². The topological polar surface area (TPSA) is 24.9 Å². The summed E-state index contributed by atoms with van der Waals surface area (Å²) in [6.45, 7) is 6.17. The van der Waals surface area contributed by atoms with Gasteiger partial charge in [0.1, 0.15) is 5.01 Å². The van der Waals surface area contributed by atoms with E-state index < -0.39 is 0 Å². The van der Waals surface area contributed by atoms with Crippen LogP contribution < -0.4 is 5.32 Å². The second-order valence-corrected chi connectivity index (χ2v) is 6.56. The Labute approximate surface area is 127 Å². The Morgan fingerprint density at radius 3 is 2.79 bits per heavy atom. The minimum Gasteiger partial charge on any atom is -0.310 e. The molecule has 2 aromatic rings. The smallest absolute Gasteiger partial charge is 0.107 e. The zero-order valence-corrected chi connectivity index (χ0v) is 13.2. The third kappa shape index (κ3) is 4.18. The van der Waals surface area contributed by atoms with Crippen LogP contribution in [0.3, 0.4) is 0 Å². The fourth-order valence-electron chi connectivity index (χ4n) is 1.68. The van der Waals surface area contributed by atoms with Crippen LogP contribution in [0, 0.1) is 5.92 Å². The fourth-order valence-corrected chi connectivity index (χ4v) is 2.95. The monoisotopic (exact) mass is 314 g/mol. The molecule has 19 heavy (non-hydrogen) atoms. The quantitative estimate of drug-likeness (QED) is 0.852. The molecular formula is C14H16Cl2N2S. The number of aromatic nitrogens is 1. The highest BCUT2D eigenvalue weighted by atomic mass is 35.5. The van der Waals surface area contributed by atoms with Crippen LogP contribution in [0.2, 0.25) is 10.0 Å². The molecule has 0 saturated heterocycles. The number of nitrogens with zero attached hydrogens (tertiary/aromatic N) is 1. The molecular weight excluding hydrogens is 299 g/mol. The van der Waals surface area contributed by atoms with Gasteiger partial charge in [0.15, 0.2) is 0 Å². The number of rotatable bonds is 5. The summed E-state index contributed by atoms with van der Waals surface area (Å²) in [4.78, 5) is 4.60. The molecule has 0 aliphatic carbocycles. The molecule has 0 fully saturated rings. The fraction of sp³-hybridized carbons (Fsp3) is 0.357. The molecule has 2 nitrogen and oxygen atoms in total. The van der Waals surface area contributed by atoms with Crippen LogP contribution in [0.15, 0.2) is 23.6 Å². The van der Waals surface area contributed by atoms with Crippen molar-refractivity contribution in [2.24, 2.45) is 5.92 Å². The molecule has 1 heterocycles. The molecule has 2 rings (SSSR count). The Morgan fingerprint density at radius 2 is 2.11 bits per heavy atom. The number of hydrogen-bond acceptors (Lipinski definition) is 3. The van der Waals surface area contributed by atoms with Gasteiger partial charge in [0.05, 0.1) is 10.7 Å². The van der Waals surface area contributed by atoms with Gasteiger partial charge >= 0.3 is 0 Å². The molecule has 1 aromatic carbocycles. The van der Waals surface area contributed by atoms with Crippen LogP contribution in [-0.4, -0.2) is 11.5 Å². The van der Waals surface area contributed by atoms with Crippen molar-refractivity contribution >= 4 is 34.5 Å². The van der Waals surface area contributed by atoms with E-state index in [0.717, 1.165) is 29.4 Å². The average molecular weight is 315 g/mol. The molecule has 0 bridgehead atoms. The molecule has 0 aliphatic heterocycles. The molecule has 0 aliphatic rings. The summed E-state index contributed by atoms with van der Waals surface area (Å²) in [6, 6.07) is 5.48. The normalized spacial score (nSPS) is 11.2. The predicted octanol–water partition coefficient (Wildman–Crippen LogP) is 4.86. The van der Waals surface area contributed by atoms with Crippen molar-refractivity contribution in [2.45, 2.75) is 20.4 Å². The van der Waals surface area contributed by atoms with E-state index in [9.17, 15) is 0 Å². The van der Waals surface area contributed by atoms with E-state index in [2.05, 4.69) is 24.1 Å². The van der Waals surface area contributed by atoms with E-state index in [1.54, 1.807) is 17.4 Å². The summed E-state index contributed by atoms with van der Waals surface area (Å²) in [5.41, 5.74) is 1.84. The maximum absolute atomic E-state index is 6.18. The lowest BCUT2D eigenvalue weighted by atomic mass is 10.2. The Morgan fingerprint density at radius 1 is 1.32 bits per heavy atom. The highest BCUT2D eigenvalue weighted by Crippen LogP contribution is 2.30. The Kier molecular flexibility index (Phi) is 5.22. The second-order valence-electron chi connectivity index (χ2n) is 4.78. The first-order chi connectivity index (χ1) is 9.06. The van der Waals surface area contributed by atoms with Gasteiger partial charge in [-0.2, -0.15) is 0 Å². The Hall–Kier alpha value is -0.610. The maximum atomic E-state index is 6.18. The molecule has 102 valence electrons. The van der Waals surface area contributed by atoms with Gasteiger partial charge in [0.25, 0.3) is 0 Å². The van der Waals surface area contributed by atoms with E-state index in [-0.39, 0.29) is 0 Å². The first-order valence-electron chi connectivity index (χ1n) is 6.17. The standard InChI is InChI=1S/C14H16Cl2N2S/c1-9(2)6-17-7-14-18-13(8-19-14)11-4-3-10(15)5-12(11)16/h3-5,8-9,17H,6-7H2,1-2H3. The molecule has 5 heteroatoms. The van der Waals surface area contributed by atoms with Crippen LogP contribution in [-0.2, 0) is 6.54 Å². The molecule has 0 amide bonds. The van der Waals surface area contributed by atoms with Crippen LogP contribution in [0.1, 0.15) is 18.9 Å². The SMILES string of the molecule is CC(C)CNCc1nc(-c2ccc(Cl)cc2Cl)cs1. The van der Waals surface area contributed by atoms with Crippen molar-refractivity contribution in [3.8, 4) is 11.3 Å². The van der Waals surface area contributed by atoms with Crippen molar-refractivity contribution < 1.29 is 0 Å². The summed E-state index contributed by atoms with van der Waals surface area (Å²) < 4.78 is 0. The van der Waals surface area contributed by atoms with E-state index in [1.165, 1.54) is 0 Å². The van der Waals surface area contributed by atoms with Crippen molar-refractivity contribution in [2.75, 3.05) is 6.54 Å². The first-order valence-corrected chi connectivity index (χ1v) is 7.80. The summed E-state index contributed by atoms with van der Waals surface area (Å²) in [6.07, 6.45) is 0. The number of halogens is 2. The number of thiazole rings is 1. The van der Waals surface area contributed by atoms with E-state index in [1.807, 2.05) is 17.5 Å². The molecule has 1 aromatic heterocycles. The van der Waals surface area contributed by atoms with Crippen molar-refractivity contribution in [3.63, 3.8) is 0 Å². The summed E-state index contributed by atoms with van der Waals surface area (Å²) >= 11 is 13.7. The van der Waals surface area contributed by atoms with E-state index in [4.69, 9.17) is 23.2 Å². The largest absolute Gasteiger partial charge is 0.310 e. The van der Waals surface area contributed by atoms with Crippen LogP contribution in [0.25, 0.3) is 11.3 Å². The zero-order valence-electron chi connectivity index (χ0n) is 10.9. The molecule has 0 radical (unpaired) electrons. The lowest BCUT2D eigenvalue weighted by molar-refractivity contribution is 0.551. The highest BCUT2D eigenvalue weighted by molar-refractivity contribution is 7.09. The van der Waals surface area contributed by atoms with Gasteiger partial charge in [-0.1, -0.05) is 37.0 Å². The van der Waals surface area contributed by atoms with Crippen molar-refractivity contribution in [1.82, 2.24) is 10.3 Å². The van der Waals surface area contributed by atoms with Gasteiger partial charge in [0, 0.05) is 22.5 Å². The lowest BCUT2D eigenvalue weighted by Crippen LogP contribution is -2.18. The number of nitrogens with one attached hydrogen (secondary N) is 1. The predicted molar refractivity (Wildman–Crippen MR) is 84.1 cm³/mol. The minimum atomic E-state index is 0.638. The number of hydrogen-bond donors (Lipinski definition) is 1. The second kappa shape index (κ2) is 6.71. The van der Waals surface area contributed by atoms with E-state index in [0.29, 0.717) is 16.0 Å². The molecule has 0 spiro atoms. The average Bonchev–Trinajstić information content (AvgIpc) is 2.77. The van der Waals surface area contributed by atoms with Crippen LogP contribution in [0.4, 0.5) is 0 Å². The molecule has 0 unspecified atom stereocenters. The van der Waals surface area contributed by atoms with Gasteiger partial charge in [-0.15, -0.1) is 11.3 Å². The van der Waals surface area contributed by atoms with Gasteiger partial charge in [-0.3, -0.25) is 0 Å². The van der Waals surface area contributed by atoms with Gasteiger partial charge in [-0.05, 0) is 30.7 Å². The minimum absolute atomic E-state index is 0.638. The third-order valence-corrected chi connectivity index (χ3v) is 3.98. The summed E-state index contributed by atoms with van der Waals surface area (Å²) in [5, 5.41) is 7.76. The molecule has 0 atom stereocenters. The Balaban J connectivity index is 2.08. The zero-order chi connectivity index (χ0) is 13.8. The van der Waals surface area contributed by atoms with Crippen molar-refractivity contribution in [1.29, 1.82) is 0 Å². The maximum Gasteiger partial charge on any atom is 0.107 e. The molecule has 1 N–H and O–H groups in total. The summed E-state index contributed by atoms with van der Waals surface area (Å²) in [7, 11) is 0. The Bertz CT molecular complexity index is 552. The first kappa shape index (κ1) is 14.8. The summed E-state index contributed by atoms with van der Waals surface area (Å²) in [5.74, 6) is 0.644. The molecule has 0 saturated carbocycles.